The van der Waals surface area contributed by atoms with Crippen molar-refractivity contribution in [2.75, 3.05) is 0 Å². The van der Waals surface area contributed by atoms with E-state index < -0.39 is 0 Å². The molecule has 0 amide bonds. The summed E-state index contributed by atoms with van der Waals surface area (Å²) in [7, 11) is 2.02. The van der Waals surface area contributed by atoms with Gasteiger partial charge in [0.15, 0.2) is 0 Å². The second-order valence-electron chi connectivity index (χ2n) is 5.43. The highest BCUT2D eigenvalue weighted by Gasteiger charge is 2.15. The lowest BCUT2D eigenvalue weighted by atomic mass is 10.2. The van der Waals surface area contributed by atoms with Gasteiger partial charge in [0.05, 0.1) is 16.4 Å². The van der Waals surface area contributed by atoms with Gasteiger partial charge in [0.1, 0.15) is 11.6 Å². The van der Waals surface area contributed by atoms with Gasteiger partial charge in [-0.05, 0) is 31.5 Å². The fourth-order valence-electron chi connectivity index (χ4n) is 2.64. The van der Waals surface area contributed by atoms with Crippen molar-refractivity contribution in [2.45, 2.75) is 32.2 Å². The molecule has 0 N–H and O–H groups in total. The molecule has 0 saturated heterocycles. The van der Waals surface area contributed by atoms with Crippen LogP contribution in [0.5, 0.6) is 0 Å². The summed E-state index contributed by atoms with van der Waals surface area (Å²) in [5, 5.41) is -0.112. The SMILES string of the molecule is Cc1ccc2nc(C(C)Cl)n(CCc3nccn3C)c2c1. The van der Waals surface area contributed by atoms with E-state index in [1.54, 1.807) is 0 Å². The van der Waals surface area contributed by atoms with E-state index in [2.05, 4.69) is 39.7 Å². The summed E-state index contributed by atoms with van der Waals surface area (Å²) in [4.78, 5) is 9.06. The van der Waals surface area contributed by atoms with Gasteiger partial charge >= 0.3 is 0 Å². The third kappa shape index (κ3) is 2.68. The first kappa shape index (κ1) is 14.1. The Morgan fingerprint density at radius 2 is 2.14 bits per heavy atom. The van der Waals surface area contributed by atoms with Gasteiger partial charge in [0.25, 0.3) is 0 Å². The van der Waals surface area contributed by atoms with Gasteiger partial charge in [0, 0.05) is 32.4 Å². The number of halogens is 1. The zero-order valence-electron chi connectivity index (χ0n) is 12.5. The van der Waals surface area contributed by atoms with Crippen molar-refractivity contribution in [3.05, 3.63) is 47.8 Å². The van der Waals surface area contributed by atoms with Crippen molar-refractivity contribution in [2.24, 2.45) is 7.05 Å². The molecule has 21 heavy (non-hydrogen) atoms. The fourth-order valence-corrected chi connectivity index (χ4v) is 2.81. The molecule has 3 aromatic rings. The predicted molar refractivity (Wildman–Crippen MR) is 85.7 cm³/mol. The molecular weight excluding hydrogens is 284 g/mol. The van der Waals surface area contributed by atoms with Crippen LogP contribution in [0.3, 0.4) is 0 Å². The number of hydrogen-bond donors (Lipinski definition) is 0. The maximum Gasteiger partial charge on any atom is 0.127 e. The molecule has 0 aliphatic rings. The molecule has 5 heteroatoms. The molecule has 0 aliphatic carbocycles. The number of benzene rings is 1. The number of aromatic nitrogens is 4. The van der Waals surface area contributed by atoms with Crippen molar-refractivity contribution in [3.8, 4) is 0 Å². The van der Waals surface area contributed by atoms with Gasteiger partial charge in [-0.15, -0.1) is 11.6 Å². The van der Waals surface area contributed by atoms with Crippen LogP contribution in [0.1, 0.15) is 29.5 Å². The minimum atomic E-state index is -0.112. The predicted octanol–water partition coefficient (Wildman–Crippen LogP) is 3.62. The number of alkyl halides is 1. The van der Waals surface area contributed by atoms with Gasteiger partial charge in [-0.25, -0.2) is 9.97 Å². The van der Waals surface area contributed by atoms with Crippen LogP contribution in [-0.2, 0) is 20.0 Å². The Bertz CT molecular complexity index is 770. The molecule has 1 aromatic carbocycles. The van der Waals surface area contributed by atoms with E-state index in [-0.39, 0.29) is 5.38 Å². The summed E-state index contributed by atoms with van der Waals surface area (Å²) in [6, 6.07) is 6.31. The summed E-state index contributed by atoms with van der Waals surface area (Å²) in [5.74, 6) is 1.99. The van der Waals surface area contributed by atoms with Gasteiger partial charge in [-0.1, -0.05) is 6.07 Å². The number of fused-ring (bicyclic) bond motifs is 1. The molecule has 0 fully saturated rings. The van der Waals surface area contributed by atoms with Crippen LogP contribution in [0.25, 0.3) is 11.0 Å². The van der Waals surface area contributed by atoms with E-state index in [1.807, 2.05) is 30.9 Å². The van der Waals surface area contributed by atoms with Crippen LogP contribution in [0.2, 0.25) is 0 Å². The smallest absolute Gasteiger partial charge is 0.127 e. The number of imidazole rings is 2. The number of aryl methyl sites for hydroxylation is 4. The summed E-state index contributed by atoms with van der Waals surface area (Å²) < 4.78 is 4.27. The van der Waals surface area contributed by atoms with Crippen molar-refractivity contribution in [1.29, 1.82) is 0 Å². The van der Waals surface area contributed by atoms with Crippen LogP contribution in [-0.4, -0.2) is 19.1 Å². The summed E-state index contributed by atoms with van der Waals surface area (Å²) in [6.07, 6.45) is 4.66. The number of nitrogens with zero attached hydrogens (tertiary/aromatic N) is 4. The van der Waals surface area contributed by atoms with E-state index >= 15 is 0 Å². The molecule has 0 bridgehead atoms. The van der Waals surface area contributed by atoms with Gasteiger partial charge < -0.3 is 9.13 Å². The highest BCUT2D eigenvalue weighted by molar-refractivity contribution is 6.20. The van der Waals surface area contributed by atoms with Crippen molar-refractivity contribution in [3.63, 3.8) is 0 Å². The standard InChI is InChI=1S/C16H19ClN4/c1-11-4-5-13-14(10-11)21(16(19-13)12(2)17)8-6-15-18-7-9-20(15)3/h4-5,7,9-10,12H,6,8H2,1-3H3. The van der Waals surface area contributed by atoms with Gasteiger partial charge in [0.2, 0.25) is 0 Å². The van der Waals surface area contributed by atoms with Gasteiger partial charge in [-0.3, -0.25) is 0 Å². The van der Waals surface area contributed by atoms with Crippen molar-refractivity contribution >= 4 is 22.6 Å². The summed E-state index contributed by atoms with van der Waals surface area (Å²) in [5.41, 5.74) is 3.38. The molecule has 2 aromatic heterocycles. The third-order valence-electron chi connectivity index (χ3n) is 3.77. The van der Waals surface area contributed by atoms with E-state index in [1.165, 1.54) is 5.56 Å². The topological polar surface area (TPSA) is 35.6 Å². The minimum Gasteiger partial charge on any atom is -0.338 e. The quantitative estimate of drug-likeness (QED) is 0.690. The van der Waals surface area contributed by atoms with Crippen molar-refractivity contribution < 1.29 is 0 Å². The molecule has 110 valence electrons. The Balaban J connectivity index is 2.00. The maximum absolute atomic E-state index is 6.31. The summed E-state index contributed by atoms with van der Waals surface area (Å²) >= 11 is 6.31. The number of rotatable bonds is 4. The van der Waals surface area contributed by atoms with Crippen LogP contribution in [0.15, 0.2) is 30.6 Å². The van der Waals surface area contributed by atoms with Crippen LogP contribution in [0.4, 0.5) is 0 Å². The zero-order chi connectivity index (χ0) is 15.0. The Morgan fingerprint density at radius 3 is 2.81 bits per heavy atom. The van der Waals surface area contributed by atoms with Crippen molar-refractivity contribution in [1.82, 2.24) is 19.1 Å². The molecule has 3 rings (SSSR count). The first-order chi connectivity index (χ1) is 10.1. The Kier molecular flexibility index (Phi) is 3.72. The Hall–Kier alpha value is -1.81. The lowest BCUT2D eigenvalue weighted by Crippen LogP contribution is -2.09. The first-order valence-electron chi connectivity index (χ1n) is 7.13. The molecule has 1 unspecified atom stereocenters. The second-order valence-corrected chi connectivity index (χ2v) is 6.09. The van der Waals surface area contributed by atoms with Crippen LogP contribution >= 0.6 is 11.6 Å². The molecule has 0 saturated carbocycles. The normalized spacial score (nSPS) is 13.0. The fraction of sp³-hybridized carbons (Fsp3) is 0.375. The van der Waals surface area contributed by atoms with Crippen LogP contribution in [0, 0.1) is 6.92 Å². The lowest BCUT2D eigenvalue weighted by molar-refractivity contribution is 0.633. The molecule has 2 heterocycles. The maximum atomic E-state index is 6.31. The Morgan fingerprint density at radius 1 is 1.33 bits per heavy atom. The monoisotopic (exact) mass is 302 g/mol. The second kappa shape index (κ2) is 5.53. The molecule has 1 atom stereocenters. The van der Waals surface area contributed by atoms with E-state index in [0.29, 0.717) is 0 Å². The molecular formula is C16H19ClN4. The molecule has 0 radical (unpaired) electrons. The Labute approximate surface area is 129 Å². The molecule has 4 nitrogen and oxygen atoms in total. The summed E-state index contributed by atoms with van der Waals surface area (Å²) in [6.45, 7) is 4.89. The molecule has 0 spiro atoms. The first-order valence-corrected chi connectivity index (χ1v) is 7.57. The van der Waals surface area contributed by atoms with Gasteiger partial charge in [-0.2, -0.15) is 0 Å². The number of hydrogen-bond acceptors (Lipinski definition) is 2. The molecule has 0 aliphatic heterocycles. The van der Waals surface area contributed by atoms with Crippen LogP contribution < -0.4 is 0 Å². The average molecular weight is 303 g/mol. The zero-order valence-corrected chi connectivity index (χ0v) is 13.3. The van der Waals surface area contributed by atoms with E-state index in [4.69, 9.17) is 11.6 Å². The third-order valence-corrected chi connectivity index (χ3v) is 3.96. The lowest BCUT2D eigenvalue weighted by Gasteiger charge is -2.10. The van der Waals surface area contributed by atoms with E-state index in [9.17, 15) is 0 Å². The minimum absolute atomic E-state index is 0.112. The van der Waals surface area contributed by atoms with E-state index in [0.717, 1.165) is 35.6 Å². The highest BCUT2D eigenvalue weighted by atomic mass is 35.5. The largest absolute Gasteiger partial charge is 0.338 e. The average Bonchev–Trinajstić information content (AvgIpc) is 3.00. The highest BCUT2D eigenvalue weighted by Crippen LogP contribution is 2.25.